The number of carbonyl (C=O) groups excluding carboxylic acids is 2. The zero-order valence-corrected chi connectivity index (χ0v) is 41.4. The molecule has 0 heterocycles. The van der Waals surface area contributed by atoms with E-state index in [9.17, 15) is 9.59 Å². The third kappa shape index (κ3) is 50.2. The lowest BCUT2D eigenvalue weighted by atomic mass is 10.0. The monoisotopic (exact) mass is 867 g/mol. The first-order chi connectivity index (χ1) is 30.6. The van der Waals surface area contributed by atoms with Crippen molar-refractivity contribution in [3.63, 3.8) is 0 Å². The first-order valence-corrected chi connectivity index (χ1v) is 26.8. The van der Waals surface area contributed by atoms with Gasteiger partial charge in [-0.2, -0.15) is 0 Å². The summed E-state index contributed by atoms with van der Waals surface area (Å²) in [6.45, 7) is 7.68. The molecule has 0 aromatic carbocycles. The molecule has 360 valence electrons. The van der Waals surface area contributed by atoms with Crippen LogP contribution in [0.3, 0.4) is 0 Å². The van der Waals surface area contributed by atoms with Crippen molar-refractivity contribution in [2.75, 3.05) is 19.8 Å². The quantitative estimate of drug-likeness (QED) is 0.0346. The van der Waals surface area contributed by atoms with Crippen LogP contribution in [0, 0.1) is 0 Å². The number of carbonyl (C=O) groups is 2. The molecular weight excluding hydrogens is 765 g/mol. The van der Waals surface area contributed by atoms with Crippen LogP contribution < -0.4 is 0 Å². The maximum Gasteiger partial charge on any atom is 0.306 e. The van der Waals surface area contributed by atoms with Gasteiger partial charge in [0.1, 0.15) is 6.61 Å². The third-order valence-corrected chi connectivity index (χ3v) is 11.5. The number of rotatable bonds is 49. The minimum absolute atomic E-state index is 0.0707. The lowest BCUT2D eigenvalue weighted by molar-refractivity contribution is -0.163. The number of hydrogen-bond acceptors (Lipinski definition) is 5. The molecule has 0 radical (unpaired) electrons. The lowest BCUT2D eigenvalue weighted by Gasteiger charge is -2.18. The van der Waals surface area contributed by atoms with Gasteiger partial charge >= 0.3 is 11.9 Å². The van der Waals surface area contributed by atoms with Gasteiger partial charge in [0.05, 0.1) is 6.61 Å². The highest BCUT2D eigenvalue weighted by molar-refractivity contribution is 5.70. The molecule has 0 aliphatic heterocycles. The van der Waals surface area contributed by atoms with Crippen LogP contribution in [-0.4, -0.2) is 37.9 Å². The van der Waals surface area contributed by atoms with Crippen molar-refractivity contribution < 1.29 is 23.8 Å². The van der Waals surface area contributed by atoms with E-state index in [0.29, 0.717) is 19.4 Å². The molecule has 62 heavy (non-hydrogen) atoms. The van der Waals surface area contributed by atoms with Crippen LogP contribution in [-0.2, 0) is 23.8 Å². The smallest absolute Gasteiger partial charge is 0.306 e. The zero-order valence-electron chi connectivity index (χ0n) is 41.4. The fourth-order valence-electron chi connectivity index (χ4n) is 7.56. The van der Waals surface area contributed by atoms with Gasteiger partial charge in [0.2, 0.25) is 0 Å². The van der Waals surface area contributed by atoms with Gasteiger partial charge < -0.3 is 14.2 Å². The number of ether oxygens (including phenoxy) is 3. The minimum atomic E-state index is -0.548. The second-order valence-corrected chi connectivity index (χ2v) is 17.8. The molecule has 0 aliphatic carbocycles. The van der Waals surface area contributed by atoms with Gasteiger partial charge in [-0.3, -0.25) is 9.59 Å². The predicted molar refractivity (Wildman–Crippen MR) is 270 cm³/mol. The highest BCUT2D eigenvalue weighted by Gasteiger charge is 2.17. The average molecular weight is 867 g/mol. The molecule has 0 saturated heterocycles. The maximum atomic E-state index is 12.8. The summed E-state index contributed by atoms with van der Waals surface area (Å²) in [5.41, 5.74) is 0. The Kier molecular flexibility index (Phi) is 50.9. The third-order valence-electron chi connectivity index (χ3n) is 11.5. The summed E-state index contributed by atoms with van der Waals surface area (Å²) in [4.78, 5) is 25.4. The van der Waals surface area contributed by atoms with E-state index in [2.05, 4.69) is 81.5 Å². The molecule has 0 saturated carbocycles. The Morgan fingerprint density at radius 1 is 0.371 bits per heavy atom. The van der Waals surface area contributed by atoms with Crippen LogP contribution in [0.1, 0.15) is 265 Å². The Labute approximate surface area is 385 Å². The molecule has 0 bridgehead atoms. The Morgan fingerprint density at radius 3 is 1.21 bits per heavy atom. The summed E-state index contributed by atoms with van der Waals surface area (Å²) >= 11 is 0. The van der Waals surface area contributed by atoms with Crippen LogP contribution in [0.5, 0.6) is 0 Å². The molecule has 0 aromatic rings. The largest absolute Gasteiger partial charge is 0.462 e. The van der Waals surface area contributed by atoms with Crippen molar-refractivity contribution in [2.45, 2.75) is 271 Å². The summed E-state index contributed by atoms with van der Waals surface area (Å²) in [5.74, 6) is -0.424. The molecule has 1 unspecified atom stereocenters. The van der Waals surface area contributed by atoms with Crippen molar-refractivity contribution in [3.8, 4) is 0 Å². The summed E-state index contributed by atoms with van der Waals surface area (Å²) in [5, 5.41) is 0. The molecule has 0 rings (SSSR count). The average Bonchev–Trinajstić information content (AvgIpc) is 3.27. The summed E-state index contributed by atoms with van der Waals surface area (Å²) in [6, 6.07) is 0. The van der Waals surface area contributed by atoms with E-state index in [1.807, 2.05) is 0 Å². The number of hydrogen-bond donors (Lipinski definition) is 0. The van der Waals surface area contributed by atoms with Gasteiger partial charge in [-0.1, -0.05) is 229 Å². The van der Waals surface area contributed by atoms with Gasteiger partial charge in [0.25, 0.3) is 0 Å². The minimum Gasteiger partial charge on any atom is -0.462 e. The zero-order chi connectivity index (χ0) is 44.9. The van der Waals surface area contributed by atoms with E-state index in [0.717, 1.165) is 77.0 Å². The second-order valence-electron chi connectivity index (χ2n) is 17.8. The van der Waals surface area contributed by atoms with Crippen molar-refractivity contribution in [3.05, 3.63) is 60.8 Å². The fraction of sp³-hybridized carbons (Fsp3) is 0.789. The van der Waals surface area contributed by atoms with Gasteiger partial charge in [-0.05, 0) is 83.5 Å². The number of allylic oxidation sites excluding steroid dienone is 10. The van der Waals surface area contributed by atoms with Gasteiger partial charge in [0.15, 0.2) is 6.10 Å². The molecule has 0 amide bonds. The lowest BCUT2D eigenvalue weighted by Crippen LogP contribution is -2.30. The molecule has 0 aromatic heterocycles. The Balaban J connectivity index is 4.25. The van der Waals surface area contributed by atoms with Gasteiger partial charge in [-0.25, -0.2) is 0 Å². The molecule has 0 fully saturated rings. The molecule has 0 aliphatic rings. The van der Waals surface area contributed by atoms with E-state index in [4.69, 9.17) is 14.2 Å². The SMILES string of the molecule is CC/C=C\C/C=C\C/C=C\CCCCCC(=O)OCC(COCCCCCCCCCCCC/C=C\C/C=C\CCCCC)OC(=O)CCCCCCCCCCCCCCC. The van der Waals surface area contributed by atoms with Crippen LogP contribution >= 0.6 is 0 Å². The van der Waals surface area contributed by atoms with Crippen LogP contribution in [0.2, 0.25) is 0 Å². The van der Waals surface area contributed by atoms with E-state index in [1.54, 1.807) is 0 Å². The van der Waals surface area contributed by atoms with E-state index < -0.39 is 6.10 Å². The summed E-state index contributed by atoms with van der Waals surface area (Å²) in [6.07, 6.45) is 66.6. The molecule has 5 heteroatoms. The summed E-state index contributed by atoms with van der Waals surface area (Å²) < 4.78 is 17.4. The Hall–Kier alpha value is -2.40. The van der Waals surface area contributed by atoms with Crippen LogP contribution in [0.4, 0.5) is 0 Å². The van der Waals surface area contributed by atoms with Gasteiger partial charge in [-0.15, -0.1) is 0 Å². The summed E-state index contributed by atoms with van der Waals surface area (Å²) in [7, 11) is 0. The molecule has 0 N–H and O–H groups in total. The Morgan fingerprint density at radius 2 is 0.726 bits per heavy atom. The predicted octanol–water partition coefficient (Wildman–Crippen LogP) is 18.1. The van der Waals surface area contributed by atoms with Crippen molar-refractivity contribution in [1.82, 2.24) is 0 Å². The van der Waals surface area contributed by atoms with Crippen molar-refractivity contribution in [1.29, 1.82) is 0 Å². The normalized spacial score (nSPS) is 12.6. The second kappa shape index (κ2) is 52.9. The number of unbranched alkanes of at least 4 members (excludes halogenated alkanes) is 28. The van der Waals surface area contributed by atoms with Crippen LogP contribution in [0.25, 0.3) is 0 Å². The highest BCUT2D eigenvalue weighted by atomic mass is 16.6. The standard InChI is InChI=1S/C57H102O5/c1-4-7-10-13-16-19-22-25-26-27-28-29-30-31-34-37-40-43-46-49-52-60-53-55(62-57(59)51-48-45-42-39-36-33-24-21-18-15-12-9-6-3)54-61-56(58)50-47-44-41-38-35-32-23-20-17-14-11-8-5-2/h8,11,16-17,19-20,25-26,32,35,55H,4-7,9-10,12-15,18,21-24,27-31,33-34,36-54H2,1-3H3/b11-8-,19-16-,20-17-,26-25-,35-32-. The first kappa shape index (κ1) is 59.6. The van der Waals surface area contributed by atoms with Gasteiger partial charge in [0, 0.05) is 19.4 Å². The van der Waals surface area contributed by atoms with Crippen molar-refractivity contribution >= 4 is 11.9 Å². The molecule has 0 spiro atoms. The molecular formula is C57H102O5. The van der Waals surface area contributed by atoms with Crippen molar-refractivity contribution in [2.24, 2.45) is 0 Å². The number of esters is 2. The topological polar surface area (TPSA) is 61.8 Å². The highest BCUT2D eigenvalue weighted by Crippen LogP contribution is 2.15. The maximum absolute atomic E-state index is 12.8. The Bertz CT molecular complexity index is 1070. The molecule has 5 nitrogen and oxygen atoms in total. The van der Waals surface area contributed by atoms with E-state index in [-0.39, 0.29) is 25.2 Å². The van der Waals surface area contributed by atoms with E-state index >= 15 is 0 Å². The van der Waals surface area contributed by atoms with Crippen LogP contribution in [0.15, 0.2) is 60.8 Å². The fourth-order valence-corrected chi connectivity index (χ4v) is 7.56. The van der Waals surface area contributed by atoms with E-state index in [1.165, 1.54) is 154 Å². The molecule has 1 atom stereocenters. The first-order valence-electron chi connectivity index (χ1n) is 26.8.